The Morgan fingerprint density at radius 3 is 2.77 bits per heavy atom. The van der Waals surface area contributed by atoms with Gasteiger partial charge < -0.3 is 19.5 Å². The standard InChI is InChI=1S/C23H26Cl2N4O2/c1-23(2,3)31-22(30)26-17-10-11-28(14-17)21-27-19-6-4-5-7-20(19)29(21)13-15-12-16(24)8-9-18(15)25/h4-9,12,17H,10-11,13-14H2,1-3H3,(H,26,30). The zero-order valence-corrected chi connectivity index (χ0v) is 19.4. The number of rotatable bonds is 4. The largest absolute Gasteiger partial charge is 0.444 e. The van der Waals surface area contributed by atoms with Crippen LogP contribution in [0.1, 0.15) is 32.8 Å². The van der Waals surface area contributed by atoms with Gasteiger partial charge in [0.2, 0.25) is 5.95 Å². The summed E-state index contributed by atoms with van der Waals surface area (Å²) < 4.78 is 7.55. The lowest BCUT2D eigenvalue weighted by Gasteiger charge is -2.22. The van der Waals surface area contributed by atoms with E-state index in [0.717, 1.165) is 35.5 Å². The van der Waals surface area contributed by atoms with Crippen molar-refractivity contribution in [2.45, 2.75) is 45.4 Å². The van der Waals surface area contributed by atoms with E-state index >= 15 is 0 Å². The zero-order valence-electron chi connectivity index (χ0n) is 17.9. The summed E-state index contributed by atoms with van der Waals surface area (Å²) in [6, 6.07) is 13.5. The number of alkyl carbamates (subject to hydrolysis) is 1. The van der Waals surface area contributed by atoms with E-state index in [9.17, 15) is 4.79 Å². The van der Waals surface area contributed by atoms with Crippen molar-refractivity contribution in [3.8, 4) is 0 Å². The van der Waals surface area contributed by atoms with Crippen molar-refractivity contribution in [1.29, 1.82) is 0 Å². The van der Waals surface area contributed by atoms with Gasteiger partial charge in [-0.2, -0.15) is 0 Å². The fourth-order valence-corrected chi connectivity index (χ4v) is 4.20. The summed E-state index contributed by atoms with van der Waals surface area (Å²) in [6.45, 7) is 7.57. The fourth-order valence-electron chi connectivity index (χ4n) is 3.83. The monoisotopic (exact) mass is 460 g/mol. The Morgan fingerprint density at radius 1 is 1.23 bits per heavy atom. The molecule has 0 aliphatic carbocycles. The van der Waals surface area contributed by atoms with Crippen LogP contribution >= 0.6 is 23.2 Å². The van der Waals surface area contributed by atoms with Crippen LogP contribution in [0.25, 0.3) is 11.0 Å². The van der Waals surface area contributed by atoms with Crippen molar-refractivity contribution in [3.05, 3.63) is 58.1 Å². The highest BCUT2D eigenvalue weighted by molar-refractivity contribution is 6.33. The number of carbonyl (C=O) groups is 1. The van der Waals surface area contributed by atoms with Crippen LogP contribution in [0.15, 0.2) is 42.5 Å². The molecule has 6 nitrogen and oxygen atoms in total. The first-order chi connectivity index (χ1) is 14.7. The second kappa shape index (κ2) is 8.60. The number of imidazole rings is 1. The van der Waals surface area contributed by atoms with Gasteiger partial charge in [-0.1, -0.05) is 35.3 Å². The molecular formula is C23H26Cl2N4O2. The van der Waals surface area contributed by atoms with Crippen molar-refractivity contribution in [1.82, 2.24) is 14.9 Å². The molecular weight excluding hydrogens is 435 g/mol. The van der Waals surface area contributed by atoms with Crippen LogP contribution < -0.4 is 10.2 Å². The molecule has 2 aromatic carbocycles. The maximum atomic E-state index is 12.2. The molecule has 0 saturated carbocycles. The molecule has 1 saturated heterocycles. The number of para-hydroxylation sites is 2. The number of anilines is 1. The van der Waals surface area contributed by atoms with Gasteiger partial charge in [0.05, 0.1) is 23.6 Å². The minimum Gasteiger partial charge on any atom is -0.444 e. The second-order valence-corrected chi connectivity index (χ2v) is 9.64. The number of hydrogen-bond donors (Lipinski definition) is 1. The molecule has 8 heteroatoms. The molecule has 2 heterocycles. The Morgan fingerprint density at radius 2 is 2.00 bits per heavy atom. The molecule has 1 fully saturated rings. The predicted molar refractivity (Wildman–Crippen MR) is 125 cm³/mol. The number of fused-ring (bicyclic) bond motifs is 1. The maximum Gasteiger partial charge on any atom is 0.407 e. The number of ether oxygens (including phenoxy) is 1. The Labute approximate surface area is 192 Å². The lowest BCUT2D eigenvalue weighted by molar-refractivity contribution is 0.0509. The zero-order chi connectivity index (χ0) is 22.2. The van der Waals surface area contributed by atoms with E-state index in [1.54, 1.807) is 6.07 Å². The Kier molecular flexibility index (Phi) is 6.04. The quantitative estimate of drug-likeness (QED) is 0.558. The van der Waals surface area contributed by atoms with E-state index < -0.39 is 11.7 Å². The molecule has 0 spiro atoms. The average Bonchev–Trinajstić information content (AvgIpc) is 3.28. The van der Waals surface area contributed by atoms with Crippen molar-refractivity contribution in [3.63, 3.8) is 0 Å². The minimum absolute atomic E-state index is 0.00197. The predicted octanol–water partition coefficient (Wildman–Crippen LogP) is 5.49. The number of carbonyl (C=O) groups excluding carboxylic acids is 1. The number of nitrogens with zero attached hydrogens (tertiary/aromatic N) is 3. The number of nitrogens with one attached hydrogen (secondary N) is 1. The van der Waals surface area contributed by atoms with Gasteiger partial charge in [0.1, 0.15) is 5.60 Å². The molecule has 1 aliphatic rings. The highest BCUT2D eigenvalue weighted by Gasteiger charge is 2.29. The van der Waals surface area contributed by atoms with Gasteiger partial charge in [0.15, 0.2) is 0 Å². The van der Waals surface area contributed by atoms with Crippen LogP contribution in [0.2, 0.25) is 10.0 Å². The van der Waals surface area contributed by atoms with Gasteiger partial charge >= 0.3 is 6.09 Å². The summed E-state index contributed by atoms with van der Waals surface area (Å²) in [5.74, 6) is 0.853. The average molecular weight is 461 g/mol. The molecule has 1 atom stereocenters. The second-order valence-electron chi connectivity index (χ2n) is 8.80. The number of halogens is 2. The van der Waals surface area contributed by atoms with Gasteiger partial charge in [-0.25, -0.2) is 9.78 Å². The van der Waals surface area contributed by atoms with E-state index in [-0.39, 0.29) is 6.04 Å². The summed E-state index contributed by atoms with van der Waals surface area (Å²) in [5.41, 5.74) is 2.35. The van der Waals surface area contributed by atoms with Gasteiger partial charge in [0, 0.05) is 23.1 Å². The normalized spacial score (nSPS) is 16.7. The highest BCUT2D eigenvalue weighted by Crippen LogP contribution is 2.29. The third-order valence-corrected chi connectivity index (χ3v) is 5.77. The first kappa shape index (κ1) is 21.8. The molecule has 164 valence electrons. The number of amides is 1. The Bertz CT molecular complexity index is 1110. The van der Waals surface area contributed by atoms with Crippen LogP contribution in [0.4, 0.5) is 10.7 Å². The summed E-state index contributed by atoms with van der Waals surface area (Å²) in [5, 5.41) is 4.29. The SMILES string of the molecule is CC(C)(C)OC(=O)NC1CCN(c2nc3ccccc3n2Cc2cc(Cl)ccc2Cl)C1. The van der Waals surface area contributed by atoms with Crippen LogP contribution in [0.3, 0.4) is 0 Å². The summed E-state index contributed by atoms with van der Waals surface area (Å²) in [6.07, 6.45) is 0.430. The van der Waals surface area contributed by atoms with E-state index in [4.69, 9.17) is 32.9 Å². The number of aromatic nitrogens is 2. The van der Waals surface area contributed by atoms with Gasteiger partial charge in [-0.15, -0.1) is 0 Å². The smallest absolute Gasteiger partial charge is 0.407 e. The molecule has 4 rings (SSSR count). The molecule has 1 aliphatic heterocycles. The van der Waals surface area contributed by atoms with Crippen LogP contribution in [-0.4, -0.2) is 40.4 Å². The molecule has 31 heavy (non-hydrogen) atoms. The van der Waals surface area contributed by atoms with Gasteiger partial charge in [-0.05, 0) is 63.1 Å². The van der Waals surface area contributed by atoms with Crippen LogP contribution in [0, 0.1) is 0 Å². The molecule has 0 radical (unpaired) electrons. The first-order valence-corrected chi connectivity index (χ1v) is 11.1. The number of hydrogen-bond acceptors (Lipinski definition) is 4. The Balaban J connectivity index is 1.59. The molecule has 1 aromatic heterocycles. The summed E-state index contributed by atoms with van der Waals surface area (Å²) in [7, 11) is 0. The third-order valence-electron chi connectivity index (χ3n) is 5.16. The van der Waals surface area contributed by atoms with E-state index in [0.29, 0.717) is 23.1 Å². The van der Waals surface area contributed by atoms with Crippen LogP contribution in [-0.2, 0) is 11.3 Å². The summed E-state index contributed by atoms with van der Waals surface area (Å²) >= 11 is 12.7. The van der Waals surface area contributed by atoms with Crippen molar-refractivity contribution < 1.29 is 9.53 Å². The van der Waals surface area contributed by atoms with E-state index in [1.165, 1.54) is 0 Å². The molecule has 0 bridgehead atoms. The van der Waals surface area contributed by atoms with E-state index in [1.807, 2.05) is 51.1 Å². The van der Waals surface area contributed by atoms with Gasteiger partial charge in [-0.3, -0.25) is 0 Å². The maximum absolute atomic E-state index is 12.2. The summed E-state index contributed by atoms with van der Waals surface area (Å²) in [4.78, 5) is 19.3. The molecule has 3 aromatic rings. The van der Waals surface area contributed by atoms with Crippen molar-refractivity contribution >= 4 is 46.3 Å². The van der Waals surface area contributed by atoms with Crippen molar-refractivity contribution in [2.24, 2.45) is 0 Å². The first-order valence-electron chi connectivity index (χ1n) is 10.3. The molecule has 1 unspecified atom stereocenters. The van der Waals surface area contributed by atoms with Crippen LogP contribution in [0.5, 0.6) is 0 Å². The lowest BCUT2D eigenvalue weighted by atomic mass is 10.2. The topological polar surface area (TPSA) is 59.4 Å². The third kappa shape index (κ3) is 5.08. The molecule has 1 N–H and O–H groups in total. The lowest BCUT2D eigenvalue weighted by Crippen LogP contribution is -2.40. The highest BCUT2D eigenvalue weighted by atomic mass is 35.5. The van der Waals surface area contributed by atoms with E-state index in [2.05, 4.69) is 20.9 Å². The van der Waals surface area contributed by atoms with Crippen molar-refractivity contribution in [2.75, 3.05) is 18.0 Å². The number of benzene rings is 2. The Hall–Kier alpha value is -2.44. The fraction of sp³-hybridized carbons (Fsp3) is 0.391. The van der Waals surface area contributed by atoms with Gasteiger partial charge in [0.25, 0.3) is 0 Å². The molecule has 1 amide bonds. The minimum atomic E-state index is -0.521.